The van der Waals surface area contributed by atoms with Crippen LogP contribution in [0.3, 0.4) is 0 Å². The Morgan fingerprint density at radius 2 is 1.62 bits per heavy atom. The number of Topliss-reactive ketones (excluding diaryl/α,β-unsaturated/α-hetero) is 1. The zero-order valence-corrected chi connectivity index (χ0v) is 30.0. The summed E-state index contributed by atoms with van der Waals surface area (Å²) in [7, 11) is 0. The SMILES string of the molecule is C=C(CN1C(=C)[C@H](C)N(CCN2CCOCC2)C1=C)NC(C(=O)C(C)=N)C(C)C.CC.Cc1ccc2c(c1)CCO2.c1ccccc1. The highest BCUT2D eigenvalue weighted by Gasteiger charge is 2.34. The fourth-order valence-electron chi connectivity index (χ4n) is 5.46. The Balaban J connectivity index is 0.000000341. The summed E-state index contributed by atoms with van der Waals surface area (Å²) >= 11 is 0. The van der Waals surface area contributed by atoms with Crippen molar-refractivity contribution in [2.45, 2.75) is 67.0 Å². The van der Waals surface area contributed by atoms with E-state index in [-0.39, 0.29) is 23.5 Å². The van der Waals surface area contributed by atoms with Gasteiger partial charge in [0.15, 0.2) is 5.78 Å². The number of hydrogen-bond acceptors (Lipinski definition) is 8. The van der Waals surface area contributed by atoms with Gasteiger partial charge in [-0.05, 0) is 38.3 Å². The molecule has 0 spiro atoms. The first kappa shape index (κ1) is 39.3. The highest BCUT2D eigenvalue weighted by Crippen LogP contribution is 2.31. The van der Waals surface area contributed by atoms with E-state index in [2.05, 4.69) is 71.8 Å². The zero-order valence-electron chi connectivity index (χ0n) is 30.0. The van der Waals surface area contributed by atoms with Crippen molar-refractivity contribution in [2.24, 2.45) is 5.92 Å². The first-order chi connectivity index (χ1) is 22.5. The van der Waals surface area contributed by atoms with Crippen molar-refractivity contribution in [2.75, 3.05) is 52.5 Å². The number of carbonyl (C=O) groups excluding carboxylic acids is 1. The van der Waals surface area contributed by atoms with Crippen LogP contribution in [0.4, 0.5) is 0 Å². The number of benzene rings is 2. The second-order valence-electron chi connectivity index (χ2n) is 12.1. The lowest BCUT2D eigenvalue weighted by atomic mass is 9.97. The van der Waals surface area contributed by atoms with Crippen LogP contribution in [0.15, 0.2) is 91.5 Å². The topological polar surface area (TPSA) is 81.1 Å². The number of ether oxygens (including phenoxy) is 2. The molecule has 1 unspecified atom stereocenters. The number of rotatable bonds is 10. The molecule has 47 heavy (non-hydrogen) atoms. The number of hydrogen-bond donors (Lipinski definition) is 2. The molecule has 0 aromatic heterocycles. The molecule has 0 aliphatic carbocycles. The number of nitrogens with zero attached hydrogens (tertiary/aromatic N) is 3. The third-order valence-corrected chi connectivity index (χ3v) is 8.24. The van der Waals surface area contributed by atoms with Gasteiger partial charge in [0.2, 0.25) is 0 Å². The van der Waals surface area contributed by atoms with E-state index < -0.39 is 6.04 Å². The maximum atomic E-state index is 12.3. The molecule has 2 fully saturated rings. The molecule has 258 valence electrons. The van der Waals surface area contributed by atoms with Crippen molar-refractivity contribution in [1.29, 1.82) is 5.41 Å². The summed E-state index contributed by atoms with van der Waals surface area (Å²) in [6, 6.07) is 18.1. The molecule has 5 rings (SSSR count). The molecule has 0 amide bonds. The minimum Gasteiger partial charge on any atom is -0.493 e. The number of carbonyl (C=O) groups is 1. The molecule has 3 heterocycles. The Morgan fingerprint density at radius 3 is 2.17 bits per heavy atom. The van der Waals surface area contributed by atoms with E-state index in [1.165, 1.54) is 18.1 Å². The van der Waals surface area contributed by atoms with E-state index >= 15 is 0 Å². The third-order valence-electron chi connectivity index (χ3n) is 8.24. The molecule has 0 radical (unpaired) electrons. The molecule has 8 nitrogen and oxygen atoms in total. The van der Waals surface area contributed by atoms with Crippen LogP contribution in [0.25, 0.3) is 0 Å². The van der Waals surface area contributed by atoms with Crippen molar-refractivity contribution >= 4 is 11.5 Å². The van der Waals surface area contributed by atoms with Crippen LogP contribution in [0.1, 0.15) is 52.7 Å². The molecule has 0 bridgehead atoms. The van der Waals surface area contributed by atoms with Gasteiger partial charge in [-0.15, -0.1) is 0 Å². The second-order valence-corrected chi connectivity index (χ2v) is 12.1. The largest absolute Gasteiger partial charge is 0.493 e. The molecule has 3 aliphatic heterocycles. The number of fused-ring (bicyclic) bond motifs is 1. The molecule has 0 saturated carbocycles. The van der Waals surface area contributed by atoms with Gasteiger partial charge in [-0.3, -0.25) is 9.69 Å². The number of nitrogens with one attached hydrogen (secondary N) is 2. The Kier molecular flexibility index (Phi) is 17.0. The van der Waals surface area contributed by atoms with Gasteiger partial charge in [0.1, 0.15) is 11.6 Å². The minimum atomic E-state index is -0.445. The summed E-state index contributed by atoms with van der Waals surface area (Å²) in [6.45, 7) is 33.1. The van der Waals surface area contributed by atoms with Crippen molar-refractivity contribution in [3.05, 3.63) is 103 Å². The summed E-state index contributed by atoms with van der Waals surface area (Å²) in [5.41, 5.74) is 4.45. The van der Waals surface area contributed by atoms with Gasteiger partial charge < -0.3 is 30.0 Å². The molecule has 3 aliphatic rings. The molecule has 2 atom stereocenters. The summed E-state index contributed by atoms with van der Waals surface area (Å²) < 4.78 is 10.8. The lowest BCUT2D eigenvalue weighted by molar-refractivity contribution is -0.115. The van der Waals surface area contributed by atoms with Crippen LogP contribution in [0.5, 0.6) is 5.75 Å². The van der Waals surface area contributed by atoms with Gasteiger partial charge in [-0.25, -0.2) is 0 Å². The molecular formula is C39H59N5O3. The predicted molar refractivity (Wildman–Crippen MR) is 196 cm³/mol. The Bertz CT molecular complexity index is 1280. The smallest absolute Gasteiger partial charge is 0.198 e. The molecule has 8 heteroatoms. The van der Waals surface area contributed by atoms with Gasteiger partial charge in [-0.2, -0.15) is 0 Å². The van der Waals surface area contributed by atoms with E-state index in [9.17, 15) is 4.79 Å². The first-order valence-electron chi connectivity index (χ1n) is 17.0. The predicted octanol–water partition coefficient (Wildman–Crippen LogP) is 6.69. The van der Waals surface area contributed by atoms with Gasteiger partial charge >= 0.3 is 0 Å². The summed E-state index contributed by atoms with van der Waals surface area (Å²) in [4.78, 5) is 19.1. The maximum Gasteiger partial charge on any atom is 0.198 e. The normalized spacial score (nSPS) is 17.6. The van der Waals surface area contributed by atoms with Crippen LogP contribution >= 0.6 is 0 Å². The van der Waals surface area contributed by atoms with Crippen LogP contribution in [-0.4, -0.2) is 90.8 Å². The van der Waals surface area contributed by atoms with Gasteiger partial charge in [0.25, 0.3) is 0 Å². The zero-order chi connectivity index (χ0) is 34.9. The van der Waals surface area contributed by atoms with E-state index in [1.54, 1.807) is 0 Å². The highest BCUT2D eigenvalue weighted by atomic mass is 16.5. The standard InChI is InChI=1S/C22H37N5O2.C9H10O.C6H6.C2H6/c1-15(2)21(22(28)17(4)23)24-16(3)14-27-19(6)18(5)26(20(27)7)9-8-25-10-12-29-13-11-25;1-7-2-3-9-8(6-7)4-5-10-9;1-2-4-6-5-3-1;1-2/h15,18,21,23-24H,3,6-14H2,1-2,4-5H3;2-3,6H,4-5H2,1H3;1-6H;1-2H3/t18-,21?;;;/m0.../s1. The molecule has 2 aromatic carbocycles. The average Bonchev–Trinajstić information content (AvgIpc) is 3.62. The number of morpholine rings is 1. The van der Waals surface area contributed by atoms with Crippen LogP contribution in [-0.2, 0) is 16.0 Å². The van der Waals surface area contributed by atoms with Crippen molar-refractivity contribution in [3.8, 4) is 5.75 Å². The number of aryl methyl sites for hydroxylation is 1. The highest BCUT2D eigenvalue weighted by molar-refractivity contribution is 6.39. The quantitative estimate of drug-likeness (QED) is 0.279. The summed E-state index contributed by atoms with van der Waals surface area (Å²) in [6.07, 6.45) is 1.08. The lowest BCUT2D eigenvalue weighted by Crippen LogP contribution is -2.44. The van der Waals surface area contributed by atoms with Crippen molar-refractivity contribution in [3.63, 3.8) is 0 Å². The van der Waals surface area contributed by atoms with Gasteiger partial charge in [0.05, 0.1) is 44.2 Å². The van der Waals surface area contributed by atoms with E-state index in [4.69, 9.17) is 14.9 Å². The van der Waals surface area contributed by atoms with E-state index in [0.29, 0.717) is 6.54 Å². The van der Waals surface area contributed by atoms with Crippen LogP contribution in [0.2, 0.25) is 0 Å². The van der Waals surface area contributed by atoms with E-state index in [0.717, 1.165) is 75.4 Å². The molecule has 2 saturated heterocycles. The monoisotopic (exact) mass is 645 g/mol. The Labute approximate surface area is 284 Å². The maximum absolute atomic E-state index is 12.3. The molecule has 2 N–H and O–H groups in total. The van der Waals surface area contributed by atoms with Crippen LogP contribution in [0, 0.1) is 18.3 Å². The first-order valence-corrected chi connectivity index (χ1v) is 17.0. The second kappa shape index (κ2) is 20.4. The Hall–Kier alpha value is -3.88. The molecule has 2 aromatic rings. The van der Waals surface area contributed by atoms with Crippen molar-refractivity contribution < 1.29 is 14.3 Å². The Morgan fingerprint density at radius 1 is 1.02 bits per heavy atom. The lowest BCUT2D eigenvalue weighted by Gasteiger charge is -2.31. The van der Waals surface area contributed by atoms with Crippen molar-refractivity contribution in [1.82, 2.24) is 20.0 Å². The summed E-state index contributed by atoms with van der Waals surface area (Å²) in [5.74, 6) is 1.86. The average molecular weight is 646 g/mol. The fraction of sp³-hybridized carbons (Fsp3) is 0.487. The fourth-order valence-corrected chi connectivity index (χ4v) is 5.46. The third kappa shape index (κ3) is 12.3. The van der Waals surface area contributed by atoms with Gasteiger partial charge in [-0.1, -0.05) is 102 Å². The van der Waals surface area contributed by atoms with E-state index in [1.807, 2.05) is 64.1 Å². The number of ketones is 1. The van der Waals surface area contributed by atoms with Crippen LogP contribution < -0.4 is 10.1 Å². The van der Waals surface area contributed by atoms with Gasteiger partial charge in [0, 0.05) is 44.0 Å². The minimum absolute atomic E-state index is 0.0573. The summed E-state index contributed by atoms with van der Waals surface area (Å²) in [5, 5.41) is 10.9. The molecular weight excluding hydrogens is 586 g/mol.